The molecular weight excluding hydrogens is 274 g/mol. The molecule has 1 aliphatic heterocycles. The maximum absolute atomic E-state index is 12.2. The van der Waals surface area contributed by atoms with Crippen molar-refractivity contribution in [3.63, 3.8) is 0 Å². The van der Waals surface area contributed by atoms with Gasteiger partial charge in [-0.25, -0.2) is 4.98 Å². The average molecular weight is 297 g/mol. The number of hydrogen-bond donors (Lipinski definition) is 3. The number of carbonyl (C=O) groups is 1. The third-order valence-corrected chi connectivity index (χ3v) is 4.64. The molecule has 3 N–H and O–H groups in total. The van der Waals surface area contributed by atoms with E-state index in [0.29, 0.717) is 23.9 Å². The molecule has 0 bridgehead atoms. The molecule has 1 aromatic heterocycles. The van der Waals surface area contributed by atoms with E-state index in [4.69, 9.17) is 0 Å². The quantitative estimate of drug-likeness (QED) is 0.757. The van der Waals surface area contributed by atoms with Crippen LogP contribution in [0.3, 0.4) is 0 Å². The van der Waals surface area contributed by atoms with Crippen LogP contribution in [0.2, 0.25) is 0 Å². The molecule has 2 atom stereocenters. The number of nitrogens with zero attached hydrogens (tertiary/aromatic N) is 1. The van der Waals surface area contributed by atoms with E-state index in [1.165, 1.54) is 11.3 Å². The lowest BCUT2D eigenvalue weighted by Gasteiger charge is -2.13. The average Bonchev–Trinajstić information content (AvgIpc) is 2.92. The minimum Gasteiger partial charge on any atom is -0.391 e. The Kier molecular flexibility index (Phi) is 5.12. The van der Waals surface area contributed by atoms with E-state index in [9.17, 15) is 9.90 Å². The van der Waals surface area contributed by atoms with Gasteiger partial charge in [0.2, 0.25) is 0 Å². The van der Waals surface area contributed by atoms with Crippen LogP contribution in [0.15, 0.2) is 0 Å². The van der Waals surface area contributed by atoms with Crippen molar-refractivity contribution in [2.45, 2.75) is 33.3 Å². The van der Waals surface area contributed by atoms with E-state index in [-0.39, 0.29) is 17.9 Å². The molecule has 1 aliphatic rings. The van der Waals surface area contributed by atoms with Crippen LogP contribution in [0.4, 0.5) is 0 Å². The molecule has 0 saturated carbocycles. The normalized spacial score (nSPS) is 22.4. The van der Waals surface area contributed by atoms with Crippen LogP contribution >= 0.6 is 11.3 Å². The second-order valence-corrected chi connectivity index (χ2v) is 6.90. The maximum Gasteiger partial charge on any atom is 0.263 e. The van der Waals surface area contributed by atoms with Gasteiger partial charge in [0.25, 0.3) is 5.91 Å². The molecular formula is C14H23N3O2S. The topological polar surface area (TPSA) is 74.2 Å². The molecule has 0 aliphatic carbocycles. The fraction of sp³-hybridized carbons (Fsp3) is 0.714. The Bertz CT molecular complexity index is 473. The van der Waals surface area contributed by atoms with Gasteiger partial charge in [-0.1, -0.05) is 13.8 Å². The fourth-order valence-corrected chi connectivity index (χ4v) is 3.52. The lowest BCUT2D eigenvalue weighted by molar-refractivity contribution is 0.0930. The number of amides is 1. The molecule has 20 heavy (non-hydrogen) atoms. The first-order valence-electron chi connectivity index (χ1n) is 7.10. The summed E-state index contributed by atoms with van der Waals surface area (Å²) in [4.78, 5) is 17.3. The summed E-state index contributed by atoms with van der Waals surface area (Å²) in [6.07, 6.45) is 0.540. The molecule has 1 fully saturated rings. The SMILES string of the molecule is Cc1nc(CC(C)C)sc1C(=O)NCC1CNCC1O. The molecule has 2 rings (SSSR count). The van der Waals surface area contributed by atoms with E-state index in [1.807, 2.05) is 6.92 Å². The Labute approximate surface area is 123 Å². The Morgan fingerprint density at radius 2 is 2.30 bits per heavy atom. The molecule has 112 valence electrons. The zero-order valence-corrected chi connectivity index (χ0v) is 13.1. The number of aliphatic hydroxyl groups is 1. The van der Waals surface area contributed by atoms with Crippen LogP contribution < -0.4 is 10.6 Å². The highest BCUT2D eigenvalue weighted by Crippen LogP contribution is 2.20. The number of aromatic nitrogens is 1. The third-order valence-electron chi connectivity index (χ3n) is 3.46. The second-order valence-electron chi connectivity index (χ2n) is 5.82. The van der Waals surface area contributed by atoms with Gasteiger partial charge in [-0.05, 0) is 12.8 Å². The molecule has 2 unspecified atom stereocenters. The standard InChI is InChI=1S/C14H23N3O2S/c1-8(2)4-12-17-9(3)13(20-12)14(19)16-6-10-5-15-7-11(10)18/h8,10-11,15,18H,4-7H2,1-3H3,(H,16,19). The summed E-state index contributed by atoms with van der Waals surface area (Å²) in [5.41, 5.74) is 0.799. The molecule has 1 aromatic rings. The fourth-order valence-electron chi connectivity index (χ4n) is 2.33. The van der Waals surface area contributed by atoms with Gasteiger partial charge in [0.15, 0.2) is 0 Å². The number of nitrogens with one attached hydrogen (secondary N) is 2. The van der Waals surface area contributed by atoms with Crippen LogP contribution in [0.5, 0.6) is 0 Å². The van der Waals surface area contributed by atoms with Crippen LogP contribution in [-0.2, 0) is 6.42 Å². The Morgan fingerprint density at radius 1 is 1.55 bits per heavy atom. The number of carbonyl (C=O) groups excluding carboxylic acids is 1. The summed E-state index contributed by atoms with van der Waals surface area (Å²) >= 11 is 1.48. The van der Waals surface area contributed by atoms with Crippen LogP contribution in [0.25, 0.3) is 0 Å². The van der Waals surface area contributed by atoms with Crippen molar-refractivity contribution >= 4 is 17.2 Å². The third kappa shape index (κ3) is 3.77. The van der Waals surface area contributed by atoms with Crippen molar-refractivity contribution < 1.29 is 9.90 Å². The minimum atomic E-state index is -0.366. The first kappa shape index (κ1) is 15.4. The Balaban J connectivity index is 1.93. The summed E-state index contributed by atoms with van der Waals surface area (Å²) in [5, 5.41) is 16.7. The van der Waals surface area contributed by atoms with Crippen molar-refractivity contribution in [2.24, 2.45) is 11.8 Å². The van der Waals surface area contributed by atoms with Crippen LogP contribution in [-0.4, -0.2) is 41.7 Å². The number of β-amino-alcohol motifs (C(OH)–C–C–N with tert-alkyl or cyclic N) is 1. The maximum atomic E-state index is 12.2. The molecule has 0 aromatic carbocycles. The van der Waals surface area contributed by atoms with Crippen molar-refractivity contribution in [2.75, 3.05) is 19.6 Å². The molecule has 5 nitrogen and oxygen atoms in total. The van der Waals surface area contributed by atoms with E-state index in [0.717, 1.165) is 23.7 Å². The Morgan fingerprint density at radius 3 is 2.90 bits per heavy atom. The highest BCUT2D eigenvalue weighted by Gasteiger charge is 2.25. The lowest BCUT2D eigenvalue weighted by Crippen LogP contribution is -2.34. The summed E-state index contributed by atoms with van der Waals surface area (Å²) in [5.74, 6) is 0.563. The van der Waals surface area contributed by atoms with E-state index >= 15 is 0 Å². The molecule has 0 spiro atoms. The monoisotopic (exact) mass is 297 g/mol. The first-order chi connectivity index (χ1) is 9.47. The van der Waals surface area contributed by atoms with Crippen molar-refractivity contribution in [1.82, 2.24) is 15.6 Å². The van der Waals surface area contributed by atoms with Crippen molar-refractivity contribution in [1.29, 1.82) is 0 Å². The predicted molar refractivity (Wildman–Crippen MR) is 80.1 cm³/mol. The zero-order chi connectivity index (χ0) is 14.7. The number of aryl methyl sites for hydroxylation is 1. The first-order valence-corrected chi connectivity index (χ1v) is 7.92. The van der Waals surface area contributed by atoms with Gasteiger partial charge in [0.1, 0.15) is 4.88 Å². The molecule has 1 amide bonds. The predicted octanol–water partition coefficient (Wildman–Crippen LogP) is 0.960. The van der Waals surface area contributed by atoms with Gasteiger partial charge < -0.3 is 15.7 Å². The van der Waals surface area contributed by atoms with Gasteiger partial charge in [-0.15, -0.1) is 11.3 Å². The van der Waals surface area contributed by atoms with Gasteiger partial charge in [-0.2, -0.15) is 0 Å². The van der Waals surface area contributed by atoms with Gasteiger partial charge in [0.05, 0.1) is 16.8 Å². The lowest BCUT2D eigenvalue weighted by atomic mass is 10.1. The molecule has 0 radical (unpaired) electrons. The number of hydrogen-bond acceptors (Lipinski definition) is 5. The van der Waals surface area contributed by atoms with Gasteiger partial charge in [-0.3, -0.25) is 4.79 Å². The number of thiazole rings is 1. The molecule has 2 heterocycles. The van der Waals surface area contributed by atoms with Crippen molar-refractivity contribution in [3.8, 4) is 0 Å². The zero-order valence-electron chi connectivity index (χ0n) is 12.3. The highest BCUT2D eigenvalue weighted by atomic mass is 32.1. The summed E-state index contributed by atoms with van der Waals surface area (Å²) in [6, 6.07) is 0. The Hall–Kier alpha value is -0.980. The van der Waals surface area contributed by atoms with Gasteiger partial charge in [0, 0.05) is 32.0 Å². The summed E-state index contributed by atoms with van der Waals surface area (Å²) < 4.78 is 0. The largest absolute Gasteiger partial charge is 0.391 e. The summed E-state index contributed by atoms with van der Waals surface area (Å²) in [6.45, 7) is 8.03. The number of rotatable bonds is 5. The molecule has 1 saturated heterocycles. The second kappa shape index (κ2) is 6.65. The van der Waals surface area contributed by atoms with Crippen LogP contribution in [0.1, 0.15) is 34.2 Å². The minimum absolute atomic E-state index is 0.0749. The van der Waals surface area contributed by atoms with E-state index in [1.54, 1.807) is 0 Å². The van der Waals surface area contributed by atoms with Crippen molar-refractivity contribution in [3.05, 3.63) is 15.6 Å². The number of aliphatic hydroxyl groups excluding tert-OH is 1. The summed E-state index contributed by atoms with van der Waals surface area (Å²) in [7, 11) is 0. The van der Waals surface area contributed by atoms with E-state index < -0.39 is 0 Å². The molecule has 6 heteroatoms. The highest BCUT2D eigenvalue weighted by molar-refractivity contribution is 7.13. The van der Waals surface area contributed by atoms with E-state index in [2.05, 4.69) is 29.5 Å². The van der Waals surface area contributed by atoms with Gasteiger partial charge >= 0.3 is 0 Å². The smallest absolute Gasteiger partial charge is 0.263 e. The van der Waals surface area contributed by atoms with Crippen LogP contribution in [0, 0.1) is 18.8 Å².